The van der Waals surface area contributed by atoms with Gasteiger partial charge < -0.3 is 5.32 Å². The van der Waals surface area contributed by atoms with Gasteiger partial charge in [0.2, 0.25) is 0 Å². The zero-order valence-corrected chi connectivity index (χ0v) is 6.87. The van der Waals surface area contributed by atoms with E-state index < -0.39 is 0 Å². The molecule has 1 nitrogen and oxygen atoms in total. The highest BCUT2D eigenvalue weighted by Crippen LogP contribution is 2.05. The van der Waals surface area contributed by atoms with E-state index in [0.717, 1.165) is 0 Å². The molecule has 0 heterocycles. The molecule has 2 heteroatoms. The standard InChI is InChI=1S/C9H13N.FH/c1-8(2)10-9-6-4-3-5-7-9;/h3-8,10H,1-2H3;1H. The molecule has 0 saturated carbocycles. The molecule has 1 aromatic rings. The zero-order valence-electron chi connectivity index (χ0n) is 6.87. The van der Waals surface area contributed by atoms with Gasteiger partial charge >= 0.3 is 0 Å². The van der Waals surface area contributed by atoms with E-state index in [9.17, 15) is 0 Å². The summed E-state index contributed by atoms with van der Waals surface area (Å²) in [4.78, 5) is 0. The van der Waals surface area contributed by atoms with Gasteiger partial charge in [-0.05, 0) is 26.0 Å². The molecule has 62 valence electrons. The van der Waals surface area contributed by atoms with Crippen LogP contribution in [0.5, 0.6) is 0 Å². The summed E-state index contributed by atoms with van der Waals surface area (Å²) < 4.78 is 0. The zero-order chi connectivity index (χ0) is 7.40. The first-order chi connectivity index (χ1) is 4.79. The van der Waals surface area contributed by atoms with Gasteiger partial charge in [0.25, 0.3) is 0 Å². The Morgan fingerprint density at radius 1 is 1.09 bits per heavy atom. The number of anilines is 1. The van der Waals surface area contributed by atoms with Crippen molar-refractivity contribution >= 4 is 5.69 Å². The minimum atomic E-state index is 0. The molecule has 1 aromatic carbocycles. The Morgan fingerprint density at radius 2 is 1.64 bits per heavy atom. The average molecular weight is 155 g/mol. The van der Waals surface area contributed by atoms with Crippen molar-refractivity contribution in [3.63, 3.8) is 0 Å². The van der Waals surface area contributed by atoms with E-state index in [4.69, 9.17) is 0 Å². The second kappa shape index (κ2) is 4.72. The van der Waals surface area contributed by atoms with Crippen LogP contribution in [0.1, 0.15) is 13.8 Å². The third-order valence-corrected chi connectivity index (χ3v) is 1.23. The molecular formula is C9H14FN. The number of benzene rings is 1. The van der Waals surface area contributed by atoms with Crippen molar-refractivity contribution in [3.8, 4) is 0 Å². The van der Waals surface area contributed by atoms with Gasteiger partial charge in [-0.1, -0.05) is 18.2 Å². The van der Waals surface area contributed by atoms with Crippen LogP contribution in [0, 0.1) is 0 Å². The first-order valence-corrected chi connectivity index (χ1v) is 3.60. The predicted octanol–water partition coefficient (Wildman–Crippen LogP) is 2.66. The fourth-order valence-corrected chi connectivity index (χ4v) is 0.868. The van der Waals surface area contributed by atoms with Crippen LogP contribution in [0.2, 0.25) is 0 Å². The number of hydrogen-bond acceptors (Lipinski definition) is 1. The van der Waals surface area contributed by atoms with Gasteiger partial charge in [0.15, 0.2) is 0 Å². The molecule has 0 aromatic heterocycles. The average Bonchev–Trinajstić information content (AvgIpc) is 1.88. The molecule has 0 atom stereocenters. The van der Waals surface area contributed by atoms with Gasteiger partial charge in [0.1, 0.15) is 0 Å². The Bertz CT molecular complexity index is 184. The Hall–Kier alpha value is -1.05. The largest absolute Gasteiger partial charge is 0.383 e. The van der Waals surface area contributed by atoms with E-state index in [1.54, 1.807) is 0 Å². The molecular weight excluding hydrogens is 141 g/mol. The summed E-state index contributed by atoms with van der Waals surface area (Å²) in [6, 6.07) is 10.7. The molecule has 0 aliphatic carbocycles. The topological polar surface area (TPSA) is 12.0 Å². The fourth-order valence-electron chi connectivity index (χ4n) is 0.868. The van der Waals surface area contributed by atoms with Crippen LogP contribution in [0.15, 0.2) is 30.3 Å². The van der Waals surface area contributed by atoms with Crippen molar-refractivity contribution in [2.45, 2.75) is 19.9 Å². The summed E-state index contributed by atoms with van der Waals surface area (Å²) in [6.45, 7) is 4.26. The molecule has 0 aliphatic heterocycles. The summed E-state index contributed by atoms with van der Waals surface area (Å²) in [6.07, 6.45) is 0. The van der Waals surface area contributed by atoms with Crippen molar-refractivity contribution in [1.82, 2.24) is 0 Å². The van der Waals surface area contributed by atoms with Crippen molar-refractivity contribution in [3.05, 3.63) is 30.3 Å². The highest BCUT2D eigenvalue weighted by molar-refractivity contribution is 5.42. The molecule has 1 rings (SSSR count). The monoisotopic (exact) mass is 155 g/mol. The first-order valence-electron chi connectivity index (χ1n) is 3.60. The minimum absolute atomic E-state index is 0. The lowest BCUT2D eigenvalue weighted by atomic mass is 10.3. The van der Waals surface area contributed by atoms with Gasteiger partial charge in [-0.15, -0.1) is 0 Å². The van der Waals surface area contributed by atoms with Gasteiger partial charge in [-0.2, -0.15) is 0 Å². The lowest BCUT2D eigenvalue weighted by molar-refractivity contribution is 0.900. The van der Waals surface area contributed by atoms with Crippen LogP contribution in [0.4, 0.5) is 10.4 Å². The van der Waals surface area contributed by atoms with Gasteiger partial charge in [-0.3, -0.25) is 4.70 Å². The molecule has 0 amide bonds. The van der Waals surface area contributed by atoms with Crippen molar-refractivity contribution < 1.29 is 4.70 Å². The van der Waals surface area contributed by atoms with Crippen molar-refractivity contribution in [2.24, 2.45) is 0 Å². The summed E-state index contributed by atoms with van der Waals surface area (Å²) in [5.74, 6) is 0. The van der Waals surface area contributed by atoms with E-state index in [-0.39, 0.29) is 4.70 Å². The van der Waals surface area contributed by atoms with Crippen LogP contribution >= 0.6 is 0 Å². The summed E-state index contributed by atoms with van der Waals surface area (Å²) >= 11 is 0. The summed E-state index contributed by atoms with van der Waals surface area (Å²) in [5, 5.41) is 3.30. The van der Waals surface area contributed by atoms with Crippen LogP contribution in [0.3, 0.4) is 0 Å². The number of rotatable bonds is 2. The second-order valence-corrected chi connectivity index (χ2v) is 2.67. The second-order valence-electron chi connectivity index (χ2n) is 2.67. The highest BCUT2D eigenvalue weighted by atomic mass is 19.0. The van der Waals surface area contributed by atoms with Crippen LogP contribution < -0.4 is 5.32 Å². The smallest absolute Gasteiger partial charge is 0.0342 e. The SMILES string of the molecule is CC(C)Nc1ccccc1.F. The molecule has 0 radical (unpaired) electrons. The molecule has 11 heavy (non-hydrogen) atoms. The Kier molecular flexibility index (Phi) is 4.27. The lowest BCUT2D eigenvalue weighted by Gasteiger charge is -2.08. The fraction of sp³-hybridized carbons (Fsp3) is 0.333. The maximum absolute atomic E-state index is 3.30. The first kappa shape index (κ1) is 9.95. The van der Waals surface area contributed by atoms with Crippen molar-refractivity contribution in [1.29, 1.82) is 0 Å². The summed E-state index contributed by atoms with van der Waals surface area (Å²) in [7, 11) is 0. The lowest BCUT2D eigenvalue weighted by Crippen LogP contribution is -2.08. The number of halogens is 1. The third kappa shape index (κ3) is 3.61. The molecule has 0 fully saturated rings. The number of nitrogens with one attached hydrogen (secondary N) is 1. The van der Waals surface area contributed by atoms with E-state index in [0.29, 0.717) is 6.04 Å². The van der Waals surface area contributed by atoms with Crippen LogP contribution in [-0.4, -0.2) is 6.04 Å². The summed E-state index contributed by atoms with van der Waals surface area (Å²) in [5.41, 5.74) is 1.19. The Balaban J connectivity index is 0.000001000. The number of para-hydroxylation sites is 1. The maximum atomic E-state index is 3.30. The molecule has 0 saturated heterocycles. The van der Waals surface area contributed by atoms with E-state index in [1.807, 2.05) is 18.2 Å². The molecule has 0 bridgehead atoms. The van der Waals surface area contributed by atoms with Gasteiger partial charge in [0, 0.05) is 11.7 Å². The highest BCUT2D eigenvalue weighted by Gasteiger charge is 1.90. The Morgan fingerprint density at radius 3 is 2.09 bits per heavy atom. The molecule has 0 spiro atoms. The minimum Gasteiger partial charge on any atom is -0.383 e. The molecule has 0 unspecified atom stereocenters. The van der Waals surface area contributed by atoms with Gasteiger partial charge in [0.05, 0.1) is 0 Å². The number of hydrogen-bond donors (Lipinski definition) is 1. The van der Waals surface area contributed by atoms with Gasteiger partial charge in [-0.25, -0.2) is 0 Å². The van der Waals surface area contributed by atoms with Crippen LogP contribution in [0.25, 0.3) is 0 Å². The molecule has 1 N–H and O–H groups in total. The maximum Gasteiger partial charge on any atom is 0.0342 e. The quantitative estimate of drug-likeness (QED) is 0.692. The van der Waals surface area contributed by atoms with E-state index in [1.165, 1.54) is 5.69 Å². The van der Waals surface area contributed by atoms with Crippen LogP contribution in [-0.2, 0) is 0 Å². The van der Waals surface area contributed by atoms with E-state index in [2.05, 4.69) is 31.3 Å². The Labute approximate surface area is 66.8 Å². The normalized spacial score (nSPS) is 9.00. The predicted molar refractivity (Wildman–Crippen MR) is 47.7 cm³/mol. The third-order valence-electron chi connectivity index (χ3n) is 1.23. The van der Waals surface area contributed by atoms with E-state index >= 15 is 0 Å². The van der Waals surface area contributed by atoms with Crippen molar-refractivity contribution in [2.75, 3.05) is 5.32 Å². The molecule has 0 aliphatic rings.